The van der Waals surface area contributed by atoms with Gasteiger partial charge in [-0.25, -0.2) is 13.2 Å². The molecule has 1 aliphatic heterocycles. The summed E-state index contributed by atoms with van der Waals surface area (Å²) in [5.41, 5.74) is 1.41. The molecule has 3 aromatic carbocycles. The van der Waals surface area contributed by atoms with Gasteiger partial charge in [0.05, 0.1) is 22.8 Å². The van der Waals surface area contributed by atoms with Crippen molar-refractivity contribution in [2.45, 2.75) is 4.90 Å². The third-order valence-electron chi connectivity index (χ3n) is 4.61. The molecule has 0 saturated heterocycles. The van der Waals surface area contributed by atoms with E-state index in [1.807, 2.05) is 0 Å². The van der Waals surface area contributed by atoms with E-state index in [2.05, 4.69) is 10.0 Å². The Kier molecular flexibility index (Phi) is 6.02. The minimum atomic E-state index is -3.82. The average molecular weight is 472 g/mol. The van der Waals surface area contributed by atoms with Crippen LogP contribution >= 0.6 is 11.6 Å². The number of benzene rings is 3. The van der Waals surface area contributed by atoms with Gasteiger partial charge in [-0.05, 0) is 54.6 Å². The van der Waals surface area contributed by atoms with Gasteiger partial charge < -0.3 is 15.0 Å². The molecular weight excluding hydrogens is 454 g/mol. The fourth-order valence-corrected chi connectivity index (χ4v) is 4.44. The third-order valence-corrected chi connectivity index (χ3v) is 6.24. The predicted molar refractivity (Wildman–Crippen MR) is 122 cm³/mol. The summed E-state index contributed by atoms with van der Waals surface area (Å²) in [6.45, 7) is -0.112. The van der Waals surface area contributed by atoms with Gasteiger partial charge in [0.1, 0.15) is 6.54 Å². The highest BCUT2D eigenvalue weighted by Gasteiger charge is 2.25. The van der Waals surface area contributed by atoms with Crippen molar-refractivity contribution in [1.29, 1.82) is 0 Å². The minimum Gasteiger partial charge on any atom is -0.423 e. The van der Waals surface area contributed by atoms with Crippen LogP contribution in [-0.2, 0) is 19.6 Å². The normalized spacial score (nSPS) is 13.2. The summed E-state index contributed by atoms with van der Waals surface area (Å²) < 4.78 is 32.8. The Balaban J connectivity index is 1.41. The molecule has 10 heteroatoms. The number of hydrogen-bond donors (Lipinski definition) is 2. The predicted octanol–water partition coefficient (Wildman–Crippen LogP) is 3.50. The van der Waals surface area contributed by atoms with Gasteiger partial charge in [-0.15, -0.1) is 0 Å². The number of amides is 1. The lowest BCUT2D eigenvalue weighted by atomic mass is 10.2. The van der Waals surface area contributed by atoms with Gasteiger partial charge in [0.2, 0.25) is 5.91 Å². The zero-order valence-electron chi connectivity index (χ0n) is 16.6. The Morgan fingerprint density at radius 3 is 2.50 bits per heavy atom. The number of rotatable bonds is 6. The fourth-order valence-electron chi connectivity index (χ4n) is 3.20. The summed E-state index contributed by atoms with van der Waals surface area (Å²) >= 11 is 5.89. The zero-order chi connectivity index (χ0) is 22.7. The number of ether oxygens (including phenoxy) is 1. The van der Waals surface area contributed by atoms with E-state index in [-0.39, 0.29) is 23.9 Å². The number of nitrogens with one attached hydrogen (secondary N) is 2. The van der Waals surface area contributed by atoms with Crippen LogP contribution in [0.25, 0.3) is 0 Å². The second-order valence-electron chi connectivity index (χ2n) is 6.99. The number of carbonyl (C=O) groups excluding carboxylic acids is 2. The lowest BCUT2D eigenvalue weighted by molar-refractivity contribution is -0.133. The van der Waals surface area contributed by atoms with Crippen LogP contribution in [0.5, 0.6) is 5.75 Å². The molecule has 0 spiro atoms. The molecule has 0 saturated carbocycles. The van der Waals surface area contributed by atoms with Crippen molar-refractivity contribution in [3.8, 4) is 5.75 Å². The molecule has 1 heterocycles. The van der Waals surface area contributed by atoms with E-state index in [1.54, 1.807) is 47.4 Å². The first kappa shape index (κ1) is 21.7. The Morgan fingerprint density at radius 1 is 1.00 bits per heavy atom. The molecule has 0 unspecified atom stereocenters. The Labute approximate surface area is 189 Å². The maximum Gasteiger partial charge on any atom is 0.331 e. The molecule has 32 heavy (non-hydrogen) atoms. The van der Waals surface area contributed by atoms with E-state index in [0.717, 1.165) is 0 Å². The molecule has 0 aliphatic carbocycles. The van der Waals surface area contributed by atoms with Crippen LogP contribution < -0.4 is 19.7 Å². The van der Waals surface area contributed by atoms with E-state index >= 15 is 0 Å². The number of nitrogens with zero attached hydrogens (tertiary/aromatic N) is 1. The van der Waals surface area contributed by atoms with Crippen molar-refractivity contribution < 1.29 is 22.7 Å². The first-order chi connectivity index (χ1) is 15.3. The summed E-state index contributed by atoms with van der Waals surface area (Å²) in [6, 6.07) is 19.1. The zero-order valence-corrected chi connectivity index (χ0v) is 18.2. The third kappa shape index (κ3) is 5.01. The SMILES string of the molecule is O=C(CN1CC(=O)Oc2ccccc21)Nc1ccc(S(=O)(=O)Nc2cccc(Cl)c2)cc1. The molecule has 1 amide bonds. The number of carbonyl (C=O) groups is 2. The number of sulfonamides is 1. The molecular formula is C22H18ClN3O5S. The second kappa shape index (κ2) is 8.89. The largest absolute Gasteiger partial charge is 0.423 e. The van der Waals surface area contributed by atoms with Gasteiger partial charge in [0.25, 0.3) is 10.0 Å². The van der Waals surface area contributed by atoms with Gasteiger partial charge >= 0.3 is 5.97 Å². The molecule has 0 bridgehead atoms. The fraction of sp³-hybridized carbons (Fsp3) is 0.0909. The molecule has 1 aliphatic rings. The first-order valence-corrected chi connectivity index (χ1v) is 11.4. The van der Waals surface area contributed by atoms with Crippen molar-refractivity contribution in [3.05, 3.63) is 77.8 Å². The topological polar surface area (TPSA) is 105 Å². The van der Waals surface area contributed by atoms with Crippen LogP contribution in [0.2, 0.25) is 5.02 Å². The molecule has 164 valence electrons. The second-order valence-corrected chi connectivity index (χ2v) is 9.11. The highest BCUT2D eigenvalue weighted by Crippen LogP contribution is 2.31. The van der Waals surface area contributed by atoms with Gasteiger partial charge in [-0.2, -0.15) is 0 Å². The van der Waals surface area contributed by atoms with Crippen LogP contribution in [0.3, 0.4) is 0 Å². The Bertz CT molecular complexity index is 1280. The van der Waals surface area contributed by atoms with E-state index in [0.29, 0.717) is 27.8 Å². The molecule has 0 fully saturated rings. The molecule has 2 N–H and O–H groups in total. The van der Waals surface area contributed by atoms with Crippen molar-refractivity contribution in [1.82, 2.24) is 0 Å². The summed E-state index contributed by atoms with van der Waals surface area (Å²) in [7, 11) is -3.82. The molecule has 4 rings (SSSR count). The summed E-state index contributed by atoms with van der Waals surface area (Å²) in [4.78, 5) is 25.9. The maximum absolute atomic E-state index is 12.6. The van der Waals surface area contributed by atoms with Crippen LogP contribution in [0.1, 0.15) is 0 Å². The van der Waals surface area contributed by atoms with Crippen LogP contribution in [0, 0.1) is 0 Å². The lowest BCUT2D eigenvalue weighted by Crippen LogP contribution is -2.41. The number of anilines is 3. The molecule has 0 radical (unpaired) electrons. The molecule has 3 aromatic rings. The number of hydrogen-bond acceptors (Lipinski definition) is 6. The van der Waals surface area contributed by atoms with Gasteiger partial charge in [-0.3, -0.25) is 9.52 Å². The monoisotopic (exact) mass is 471 g/mol. The number of fused-ring (bicyclic) bond motifs is 1. The van der Waals surface area contributed by atoms with E-state index < -0.39 is 16.0 Å². The number of halogens is 1. The highest BCUT2D eigenvalue weighted by atomic mass is 35.5. The first-order valence-electron chi connectivity index (χ1n) is 9.53. The lowest BCUT2D eigenvalue weighted by Gasteiger charge is -2.29. The van der Waals surface area contributed by atoms with Gasteiger partial charge in [-0.1, -0.05) is 29.8 Å². The van der Waals surface area contributed by atoms with Gasteiger partial charge in [0, 0.05) is 10.7 Å². The Hall–Kier alpha value is -3.56. The summed E-state index contributed by atoms with van der Waals surface area (Å²) in [5, 5.41) is 3.12. The quantitative estimate of drug-likeness (QED) is 0.421. The molecule has 0 aromatic heterocycles. The molecule has 8 nitrogen and oxygen atoms in total. The van der Waals surface area contributed by atoms with E-state index in [9.17, 15) is 18.0 Å². The van der Waals surface area contributed by atoms with E-state index in [4.69, 9.17) is 16.3 Å². The smallest absolute Gasteiger partial charge is 0.331 e. The van der Waals surface area contributed by atoms with Crippen LogP contribution in [-0.4, -0.2) is 33.4 Å². The van der Waals surface area contributed by atoms with Crippen molar-refractivity contribution in [2.75, 3.05) is 28.0 Å². The summed E-state index contributed by atoms with van der Waals surface area (Å²) in [5.74, 6) is -0.404. The van der Waals surface area contributed by atoms with Crippen molar-refractivity contribution in [3.63, 3.8) is 0 Å². The molecule has 0 atom stereocenters. The maximum atomic E-state index is 12.6. The Morgan fingerprint density at radius 2 is 1.75 bits per heavy atom. The van der Waals surface area contributed by atoms with Crippen molar-refractivity contribution in [2.24, 2.45) is 0 Å². The van der Waals surface area contributed by atoms with E-state index in [1.165, 1.54) is 30.3 Å². The highest BCUT2D eigenvalue weighted by molar-refractivity contribution is 7.92. The summed E-state index contributed by atoms with van der Waals surface area (Å²) in [6.07, 6.45) is 0. The minimum absolute atomic E-state index is 0.0307. The average Bonchev–Trinajstić information content (AvgIpc) is 2.73. The van der Waals surface area contributed by atoms with Crippen molar-refractivity contribution >= 4 is 50.6 Å². The number of esters is 1. The number of para-hydroxylation sites is 2. The standard InChI is InChI=1S/C22H18ClN3O5S/c23-15-4-3-5-17(12-15)25-32(29,30)18-10-8-16(9-11-18)24-21(27)13-26-14-22(28)31-20-7-2-1-6-19(20)26/h1-12,25H,13-14H2,(H,24,27). The van der Waals surface area contributed by atoms with Gasteiger partial charge in [0.15, 0.2) is 5.75 Å². The van der Waals surface area contributed by atoms with Crippen LogP contribution in [0.15, 0.2) is 77.7 Å². The van der Waals surface area contributed by atoms with Crippen LogP contribution in [0.4, 0.5) is 17.1 Å².